The fraction of sp³-hybridized carbons (Fsp3) is 0.200. The van der Waals surface area contributed by atoms with Gasteiger partial charge in [-0.3, -0.25) is 4.57 Å². The Bertz CT molecular complexity index is 2240. The molecule has 0 aliphatic heterocycles. The van der Waals surface area contributed by atoms with Crippen LogP contribution in [0.3, 0.4) is 0 Å². The van der Waals surface area contributed by atoms with Crippen LogP contribution in [0.4, 0.5) is 0 Å². The number of methoxy groups -OCH3 is 1. The zero-order valence-corrected chi connectivity index (χ0v) is 27.3. The van der Waals surface area contributed by atoms with Crippen molar-refractivity contribution in [2.24, 2.45) is 0 Å². The summed E-state index contributed by atoms with van der Waals surface area (Å²) in [6.07, 6.45) is 3.61. The second-order valence-corrected chi connectivity index (χ2v) is 11.8. The Hall–Kier alpha value is -5.36. The second-order valence-electron chi connectivity index (χ2n) is 11.8. The van der Waals surface area contributed by atoms with Crippen LogP contribution < -0.4 is 9.47 Å². The van der Waals surface area contributed by atoms with Crippen molar-refractivity contribution in [2.75, 3.05) is 7.11 Å². The molecular formula is C40H38N4O2. The lowest BCUT2D eigenvalue weighted by Crippen LogP contribution is -2.03. The molecule has 0 amide bonds. The fourth-order valence-electron chi connectivity index (χ4n) is 6.78. The SMILES string of the molecule is CCc1cccc(C)c1-c1c(C)nn(-c2cc(C)cc(Oc3ccc4c5ccccc5n(-c5cc(OC)ccn5)c4c3)c2)c1CC. The molecule has 3 aromatic heterocycles. The molecule has 3 heterocycles. The molecule has 0 spiro atoms. The minimum atomic E-state index is 0.747. The highest BCUT2D eigenvalue weighted by atomic mass is 16.5. The molecule has 0 aliphatic carbocycles. The molecule has 7 rings (SSSR count). The number of ether oxygens (including phenoxy) is 2. The summed E-state index contributed by atoms with van der Waals surface area (Å²) in [5.41, 5.74) is 11.6. The molecule has 6 heteroatoms. The van der Waals surface area contributed by atoms with E-state index in [4.69, 9.17) is 19.6 Å². The molecule has 0 atom stereocenters. The molecular weight excluding hydrogens is 568 g/mol. The molecule has 46 heavy (non-hydrogen) atoms. The van der Waals surface area contributed by atoms with Crippen LogP contribution in [-0.2, 0) is 12.8 Å². The summed E-state index contributed by atoms with van der Waals surface area (Å²) in [6.45, 7) is 10.8. The van der Waals surface area contributed by atoms with E-state index in [1.807, 2.05) is 18.2 Å². The third-order valence-corrected chi connectivity index (χ3v) is 8.82. The van der Waals surface area contributed by atoms with Crippen molar-refractivity contribution >= 4 is 21.8 Å². The molecule has 0 N–H and O–H groups in total. The number of rotatable bonds is 8. The fourth-order valence-corrected chi connectivity index (χ4v) is 6.78. The van der Waals surface area contributed by atoms with Gasteiger partial charge in [-0.2, -0.15) is 5.10 Å². The van der Waals surface area contributed by atoms with Crippen LogP contribution in [0.15, 0.2) is 97.2 Å². The van der Waals surface area contributed by atoms with Crippen molar-refractivity contribution in [3.63, 3.8) is 0 Å². The highest BCUT2D eigenvalue weighted by molar-refractivity contribution is 6.09. The molecule has 0 fully saturated rings. The molecule has 0 unspecified atom stereocenters. The number of benzene rings is 4. The zero-order chi connectivity index (χ0) is 31.9. The van der Waals surface area contributed by atoms with Gasteiger partial charge in [0.05, 0.1) is 35.2 Å². The van der Waals surface area contributed by atoms with Crippen LogP contribution in [0, 0.1) is 20.8 Å². The van der Waals surface area contributed by atoms with E-state index in [1.165, 1.54) is 27.9 Å². The predicted octanol–water partition coefficient (Wildman–Crippen LogP) is 9.88. The molecule has 0 radical (unpaired) electrons. The zero-order valence-electron chi connectivity index (χ0n) is 27.3. The number of aryl methyl sites for hydroxylation is 4. The number of nitrogens with zero attached hydrogens (tertiary/aromatic N) is 4. The smallest absolute Gasteiger partial charge is 0.141 e. The Morgan fingerprint density at radius 3 is 2.33 bits per heavy atom. The van der Waals surface area contributed by atoms with E-state index in [0.29, 0.717) is 0 Å². The van der Waals surface area contributed by atoms with Crippen LogP contribution in [0.1, 0.15) is 41.9 Å². The topological polar surface area (TPSA) is 54.1 Å². The van der Waals surface area contributed by atoms with Gasteiger partial charge in [0.15, 0.2) is 0 Å². The summed E-state index contributed by atoms with van der Waals surface area (Å²) in [7, 11) is 1.67. The van der Waals surface area contributed by atoms with E-state index < -0.39 is 0 Å². The lowest BCUT2D eigenvalue weighted by molar-refractivity contribution is 0.414. The molecule has 4 aromatic carbocycles. The van der Waals surface area contributed by atoms with E-state index in [-0.39, 0.29) is 0 Å². The first-order valence-corrected chi connectivity index (χ1v) is 15.9. The molecule has 0 bridgehead atoms. The Balaban J connectivity index is 1.32. The summed E-state index contributed by atoms with van der Waals surface area (Å²) in [5.74, 6) is 3.06. The third kappa shape index (κ3) is 5.00. The van der Waals surface area contributed by atoms with Crippen molar-refractivity contribution < 1.29 is 9.47 Å². The van der Waals surface area contributed by atoms with Gasteiger partial charge in [-0.05, 0) is 92.3 Å². The van der Waals surface area contributed by atoms with Crippen molar-refractivity contribution in [3.05, 3.63) is 125 Å². The van der Waals surface area contributed by atoms with Gasteiger partial charge in [0.1, 0.15) is 23.1 Å². The van der Waals surface area contributed by atoms with Crippen molar-refractivity contribution in [2.45, 2.75) is 47.5 Å². The Morgan fingerprint density at radius 2 is 1.52 bits per heavy atom. The van der Waals surface area contributed by atoms with Gasteiger partial charge in [-0.15, -0.1) is 0 Å². The minimum absolute atomic E-state index is 0.747. The van der Waals surface area contributed by atoms with Gasteiger partial charge in [-0.1, -0.05) is 50.2 Å². The first-order valence-electron chi connectivity index (χ1n) is 15.9. The van der Waals surface area contributed by atoms with Gasteiger partial charge in [-0.25, -0.2) is 9.67 Å². The first kappa shape index (κ1) is 29.4. The van der Waals surface area contributed by atoms with Crippen molar-refractivity contribution in [1.29, 1.82) is 0 Å². The van der Waals surface area contributed by atoms with Crippen LogP contribution >= 0.6 is 0 Å². The maximum absolute atomic E-state index is 6.61. The van der Waals surface area contributed by atoms with Crippen molar-refractivity contribution in [3.8, 4) is 39.9 Å². The number of para-hydroxylation sites is 1. The minimum Gasteiger partial charge on any atom is -0.497 e. The van der Waals surface area contributed by atoms with Gasteiger partial charge >= 0.3 is 0 Å². The van der Waals surface area contributed by atoms with Gasteiger partial charge in [0, 0.05) is 40.7 Å². The molecule has 0 aliphatic rings. The summed E-state index contributed by atoms with van der Waals surface area (Å²) < 4.78 is 16.4. The quantitative estimate of drug-likeness (QED) is 0.173. The average Bonchev–Trinajstić information content (AvgIpc) is 3.58. The summed E-state index contributed by atoms with van der Waals surface area (Å²) in [6, 6.07) is 31.4. The number of hydrogen-bond donors (Lipinski definition) is 0. The number of hydrogen-bond acceptors (Lipinski definition) is 4. The molecule has 7 aromatic rings. The lowest BCUT2D eigenvalue weighted by atomic mass is 9.91. The lowest BCUT2D eigenvalue weighted by Gasteiger charge is -2.15. The van der Waals surface area contributed by atoms with E-state index in [2.05, 4.69) is 117 Å². The maximum Gasteiger partial charge on any atom is 0.141 e. The number of pyridine rings is 1. The van der Waals surface area contributed by atoms with Crippen LogP contribution in [-0.4, -0.2) is 26.4 Å². The Morgan fingerprint density at radius 1 is 0.696 bits per heavy atom. The predicted molar refractivity (Wildman–Crippen MR) is 187 cm³/mol. The molecule has 6 nitrogen and oxygen atoms in total. The van der Waals surface area contributed by atoms with Gasteiger partial charge in [0.2, 0.25) is 0 Å². The number of aromatic nitrogens is 4. The van der Waals surface area contributed by atoms with Crippen LogP contribution in [0.2, 0.25) is 0 Å². The van der Waals surface area contributed by atoms with E-state index >= 15 is 0 Å². The molecule has 230 valence electrons. The Kier molecular flexibility index (Phi) is 7.57. The van der Waals surface area contributed by atoms with Crippen LogP contribution in [0.25, 0.3) is 44.4 Å². The highest BCUT2D eigenvalue weighted by Crippen LogP contribution is 2.38. The van der Waals surface area contributed by atoms with E-state index in [0.717, 1.165) is 74.7 Å². The summed E-state index contributed by atoms with van der Waals surface area (Å²) in [5, 5.41) is 7.39. The first-order chi connectivity index (χ1) is 22.4. The monoisotopic (exact) mass is 606 g/mol. The van der Waals surface area contributed by atoms with Crippen molar-refractivity contribution in [1.82, 2.24) is 19.3 Å². The second kappa shape index (κ2) is 11.9. The van der Waals surface area contributed by atoms with Gasteiger partial charge in [0.25, 0.3) is 0 Å². The average molecular weight is 607 g/mol. The third-order valence-electron chi connectivity index (χ3n) is 8.82. The Labute approximate surface area is 269 Å². The summed E-state index contributed by atoms with van der Waals surface area (Å²) in [4.78, 5) is 4.70. The normalized spacial score (nSPS) is 11.4. The molecule has 0 saturated carbocycles. The van der Waals surface area contributed by atoms with E-state index in [9.17, 15) is 0 Å². The highest BCUT2D eigenvalue weighted by Gasteiger charge is 2.21. The van der Waals surface area contributed by atoms with E-state index in [1.54, 1.807) is 13.3 Å². The summed E-state index contributed by atoms with van der Waals surface area (Å²) >= 11 is 0. The standard InChI is InChI=1S/C40H38N4O2/c1-7-28-13-11-12-26(4)39(28)40-27(5)42-44(35(40)8-2)29-20-25(3)21-32(22-29)46-31-16-17-34-33-14-9-10-15-36(33)43(37(34)23-31)38-24-30(45-6)18-19-41-38/h9-24H,7-8H2,1-6H3. The maximum atomic E-state index is 6.61. The number of fused-ring (bicyclic) bond motifs is 3. The van der Waals surface area contributed by atoms with Gasteiger partial charge < -0.3 is 9.47 Å². The largest absolute Gasteiger partial charge is 0.497 e. The van der Waals surface area contributed by atoms with Crippen LogP contribution in [0.5, 0.6) is 17.2 Å². The molecule has 0 saturated heterocycles.